The van der Waals surface area contributed by atoms with Crippen molar-refractivity contribution >= 4 is 22.8 Å². The average molecular weight is 401 g/mol. The molecule has 0 N–H and O–H groups in total. The molecule has 0 fully saturated rings. The van der Waals surface area contributed by atoms with Gasteiger partial charge >= 0.3 is 5.69 Å². The molecule has 1 aromatic carbocycles. The lowest BCUT2D eigenvalue weighted by molar-refractivity contribution is 0.164. The first-order chi connectivity index (χ1) is 13.3. The molecule has 0 aliphatic carbocycles. The van der Waals surface area contributed by atoms with Crippen molar-refractivity contribution in [2.45, 2.75) is 25.8 Å². The number of rotatable bonds is 6. The van der Waals surface area contributed by atoms with Crippen LogP contribution in [0.5, 0.6) is 0 Å². The molecule has 2 aromatic heterocycles. The minimum atomic E-state index is -0.409. The maximum atomic E-state index is 12.8. The highest BCUT2D eigenvalue weighted by Gasteiger charge is 2.18. The second-order valence-corrected chi connectivity index (χ2v) is 7.76. The zero-order valence-corrected chi connectivity index (χ0v) is 17.6. The van der Waals surface area contributed by atoms with Gasteiger partial charge in [-0.2, -0.15) is 0 Å². The molecule has 0 bridgehead atoms. The maximum Gasteiger partial charge on any atom is 0.332 e. The molecule has 0 atom stereocenters. The van der Waals surface area contributed by atoms with Crippen LogP contribution in [0.1, 0.15) is 18.1 Å². The summed E-state index contributed by atoms with van der Waals surface area (Å²) in [6, 6.07) is 6.08. The van der Waals surface area contributed by atoms with Gasteiger partial charge in [0.25, 0.3) is 5.56 Å². The van der Waals surface area contributed by atoms with Crippen LogP contribution in [0.3, 0.4) is 0 Å². The number of thioether (sulfide) groups is 1. The van der Waals surface area contributed by atoms with Crippen molar-refractivity contribution in [1.29, 1.82) is 0 Å². The summed E-state index contributed by atoms with van der Waals surface area (Å²) in [6.45, 7) is 7.16. The van der Waals surface area contributed by atoms with Crippen LogP contribution in [-0.2, 0) is 18.8 Å². The summed E-state index contributed by atoms with van der Waals surface area (Å²) in [5, 5.41) is 0.925. The summed E-state index contributed by atoms with van der Waals surface area (Å²) in [4.78, 5) is 34.5. The molecule has 8 heteroatoms. The Morgan fingerprint density at radius 3 is 2.36 bits per heavy atom. The van der Waals surface area contributed by atoms with Gasteiger partial charge in [-0.25, -0.2) is 14.8 Å². The van der Waals surface area contributed by atoms with Gasteiger partial charge < -0.3 is 4.74 Å². The molecule has 0 radical (unpaired) electrons. The van der Waals surface area contributed by atoms with Crippen molar-refractivity contribution < 1.29 is 4.74 Å². The Kier molecular flexibility index (Phi) is 6.00. The van der Waals surface area contributed by atoms with E-state index >= 15 is 0 Å². The zero-order chi connectivity index (χ0) is 20.4. The van der Waals surface area contributed by atoms with E-state index in [9.17, 15) is 9.59 Å². The van der Waals surface area contributed by atoms with Crippen LogP contribution in [0.15, 0.2) is 32.8 Å². The van der Waals surface area contributed by atoms with Gasteiger partial charge in [-0.05, 0) is 32.9 Å². The first-order valence-electron chi connectivity index (χ1n) is 9.10. The third kappa shape index (κ3) is 3.88. The molecule has 0 saturated heterocycles. The fourth-order valence-corrected chi connectivity index (χ4v) is 3.98. The predicted molar refractivity (Wildman–Crippen MR) is 112 cm³/mol. The molecule has 0 saturated carbocycles. The van der Waals surface area contributed by atoms with Gasteiger partial charge in [-0.15, -0.1) is 11.8 Å². The number of aryl methyl sites for hydroxylation is 3. The Bertz CT molecular complexity index is 1130. The molecule has 0 aliphatic rings. The van der Waals surface area contributed by atoms with Gasteiger partial charge in [0, 0.05) is 32.0 Å². The Hall–Kier alpha value is -2.45. The third-order valence-corrected chi connectivity index (χ3v) is 5.36. The Labute approximate surface area is 167 Å². The van der Waals surface area contributed by atoms with E-state index in [4.69, 9.17) is 9.72 Å². The first-order valence-corrected chi connectivity index (χ1v) is 10.1. The fraction of sp³-hybridized carbons (Fsp3) is 0.400. The number of ether oxygens (including phenoxy) is 1. The van der Waals surface area contributed by atoms with E-state index in [-0.39, 0.29) is 5.56 Å². The molecule has 148 valence electrons. The van der Waals surface area contributed by atoms with Crippen LogP contribution >= 0.6 is 11.8 Å². The van der Waals surface area contributed by atoms with Gasteiger partial charge in [0.05, 0.1) is 6.61 Å². The van der Waals surface area contributed by atoms with Gasteiger partial charge in [0.1, 0.15) is 10.4 Å². The van der Waals surface area contributed by atoms with Crippen molar-refractivity contribution in [3.8, 4) is 11.4 Å². The molecule has 0 amide bonds. The molecule has 0 aliphatic heterocycles. The van der Waals surface area contributed by atoms with Gasteiger partial charge in [0.2, 0.25) is 0 Å². The molecule has 3 rings (SSSR count). The van der Waals surface area contributed by atoms with Crippen LogP contribution in [0.25, 0.3) is 22.4 Å². The number of aromatic nitrogens is 4. The van der Waals surface area contributed by atoms with Crippen molar-refractivity contribution in [3.63, 3.8) is 0 Å². The standard InChI is InChI=1S/C20H24N4O3S/c1-6-27-7-8-28-18-15-17(23(4)20(26)24(5)19(15)25)21-16(22-18)14-10-12(2)9-13(3)11-14/h9-11H,6-8H2,1-5H3. The van der Waals surface area contributed by atoms with Crippen molar-refractivity contribution in [1.82, 2.24) is 19.1 Å². The zero-order valence-electron chi connectivity index (χ0n) is 16.8. The molecule has 7 nitrogen and oxygen atoms in total. The lowest BCUT2D eigenvalue weighted by Crippen LogP contribution is -2.37. The normalized spacial score (nSPS) is 11.3. The first kappa shape index (κ1) is 20.3. The van der Waals surface area contributed by atoms with E-state index < -0.39 is 5.69 Å². The van der Waals surface area contributed by atoms with Crippen LogP contribution < -0.4 is 11.2 Å². The Morgan fingerprint density at radius 1 is 1.04 bits per heavy atom. The topological polar surface area (TPSA) is 79.0 Å². The van der Waals surface area contributed by atoms with E-state index in [1.165, 1.54) is 23.4 Å². The van der Waals surface area contributed by atoms with Gasteiger partial charge in [0.15, 0.2) is 11.5 Å². The summed E-state index contributed by atoms with van der Waals surface area (Å²) in [5.74, 6) is 1.15. The minimum absolute atomic E-state index is 0.344. The lowest BCUT2D eigenvalue weighted by atomic mass is 10.1. The number of hydrogen-bond acceptors (Lipinski definition) is 6. The summed E-state index contributed by atoms with van der Waals surface area (Å²) < 4.78 is 7.90. The molecule has 28 heavy (non-hydrogen) atoms. The van der Waals surface area contributed by atoms with E-state index in [2.05, 4.69) is 11.1 Å². The predicted octanol–water partition coefficient (Wildman–Crippen LogP) is 2.44. The van der Waals surface area contributed by atoms with Crippen LogP contribution in [0.4, 0.5) is 0 Å². The largest absolute Gasteiger partial charge is 0.381 e. The molecule has 0 unspecified atom stereocenters. The van der Waals surface area contributed by atoms with Crippen molar-refractivity contribution in [3.05, 3.63) is 50.2 Å². The minimum Gasteiger partial charge on any atom is -0.381 e. The number of nitrogens with zero attached hydrogens (tertiary/aromatic N) is 4. The molecular weight excluding hydrogens is 376 g/mol. The number of benzene rings is 1. The highest BCUT2D eigenvalue weighted by atomic mass is 32.2. The highest BCUT2D eigenvalue weighted by Crippen LogP contribution is 2.27. The van der Waals surface area contributed by atoms with Crippen LogP contribution in [0.2, 0.25) is 0 Å². The smallest absolute Gasteiger partial charge is 0.332 e. The fourth-order valence-electron chi connectivity index (χ4n) is 3.11. The Morgan fingerprint density at radius 2 is 1.71 bits per heavy atom. The SMILES string of the molecule is CCOCCSc1nc(-c2cc(C)cc(C)c2)nc2c1c(=O)n(C)c(=O)n2C. The Balaban J connectivity index is 2.27. The van der Waals surface area contributed by atoms with Gasteiger partial charge in [-0.1, -0.05) is 17.2 Å². The third-order valence-electron chi connectivity index (χ3n) is 4.42. The van der Waals surface area contributed by atoms with E-state index in [0.29, 0.717) is 40.9 Å². The number of hydrogen-bond donors (Lipinski definition) is 0. The second kappa shape index (κ2) is 8.28. The summed E-state index contributed by atoms with van der Waals surface area (Å²) in [7, 11) is 3.09. The average Bonchev–Trinajstić information content (AvgIpc) is 2.66. The second-order valence-electron chi connectivity index (χ2n) is 6.68. The summed E-state index contributed by atoms with van der Waals surface area (Å²) in [6.07, 6.45) is 0. The van der Waals surface area contributed by atoms with E-state index in [0.717, 1.165) is 21.3 Å². The van der Waals surface area contributed by atoms with Crippen molar-refractivity contribution in [2.75, 3.05) is 19.0 Å². The maximum absolute atomic E-state index is 12.8. The van der Waals surface area contributed by atoms with Gasteiger partial charge in [-0.3, -0.25) is 13.9 Å². The highest BCUT2D eigenvalue weighted by molar-refractivity contribution is 7.99. The molecule has 3 aromatic rings. The molecule has 2 heterocycles. The lowest BCUT2D eigenvalue weighted by Gasteiger charge is -2.12. The molecule has 0 spiro atoms. The summed E-state index contributed by atoms with van der Waals surface area (Å²) in [5.41, 5.74) is 2.61. The van der Waals surface area contributed by atoms with E-state index in [1.54, 1.807) is 7.05 Å². The van der Waals surface area contributed by atoms with Crippen molar-refractivity contribution in [2.24, 2.45) is 14.1 Å². The van der Waals surface area contributed by atoms with Crippen LogP contribution in [-0.4, -0.2) is 38.1 Å². The quantitative estimate of drug-likeness (QED) is 0.359. The van der Waals surface area contributed by atoms with Crippen LogP contribution in [0, 0.1) is 13.8 Å². The molecular formula is C20H24N4O3S. The summed E-state index contributed by atoms with van der Waals surface area (Å²) >= 11 is 1.44. The number of fused-ring (bicyclic) bond motifs is 1. The monoisotopic (exact) mass is 400 g/mol. The van der Waals surface area contributed by atoms with E-state index in [1.807, 2.05) is 32.9 Å².